The minimum absolute atomic E-state index is 0.196. The largest absolute Gasteiger partial charge is 0.295 e. The Labute approximate surface area is 152 Å². The fraction of sp³-hybridized carbons (Fsp3) is 0.0500. The van der Waals surface area contributed by atoms with Crippen LogP contribution in [0, 0.1) is 29.1 Å². The van der Waals surface area contributed by atoms with Gasteiger partial charge in [-0.25, -0.2) is 13.2 Å². The van der Waals surface area contributed by atoms with E-state index in [1.54, 1.807) is 30.3 Å². The molecule has 0 saturated heterocycles. The number of carbonyl (C=O) groups excluding carboxylic acids is 1. The molecule has 0 aliphatic heterocycles. The highest BCUT2D eigenvalue weighted by atomic mass is 32.2. The molecule has 0 saturated carbocycles. The lowest BCUT2D eigenvalue weighted by Crippen LogP contribution is -2.02. The van der Waals surface area contributed by atoms with E-state index >= 15 is 0 Å². The first-order valence-corrected chi connectivity index (χ1v) is 9.05. The second kappa shape index (κ2) is 6.13. The van der Waals surface area contributed by atoms with Crippen LogP contribution in [0.2, 0.25) is 0 Å². The zero-order valence-electron chi connectivity index (χ0n) is 13.7. The van der Waals surface area contributed by atoms with E-state index in [4.69, 9.17) is 0 Å². The number of benzene rings is 3. The van der Waals surface area contributed by atoms with Crippen LogP contribution in [0.3, 0.4) is 0 Å². The predicted molar refractivity (Wildman–Crippen MR) is 95.1 cm³/mol. The summed E-state index contributed by atoms with van der Waals surface area (Å²) < 4.78 is 70.8. The Kier molecular flexibility index (Phi) is 3.99. The summed E-state index contributed by atoms with van der Waals surface area (Å²) in [5.41, 5.74) is 0.395. The van der Waals surface area contributed by atoms with Crippen molar-refractivity contribution in [2.24, 2.45) is 0 Å². The minimum atomic E-state index is -2.18. The van der Waals surface area contributed by atoms with Crippen molar-refractivity contribution >= 4 is 36.4 Å². The Morgan fingerprint density at radius 1 is 0.741 bits per heavy atom. The van der Waals surface area contributed by atoms with E-state index in [-0.39, 0.29) is 5.78 Å². The summed E-state index contributed by atoms with van der Waals surface area (Å²) in [4.78, 5) is 10.8. The van der Waals surface area contributed by atoms with Gasteiger partial charge in [0.2, 0.25) is 29.1 Å². The van der Waals surface area contributed by atoms with Crippen LogP contribution in [0.5, 0.6) is 0 Å². The lowest BCUT2D eigenvalue weighted by Gasteiger charge is -2.02. The van der Waals surface area contributed by atoms with Gasteiger partial charge in [-0.3, -0.25) is 4.79 Å². The summed E-state index contributed by atoms with van der Waals surface area (Å²) in [5.74, 6) is -10.00. The first-order valence-electron chi connectivity index (χ1n) is 7.83. The lowest BCUT2D eigenvalue weighted by atomic mass is 10.1. The second-order valence-corrected chi connectivity index (χ2v) is 7.87. The average molecular weight is 393 g/mol. The molecular formula is C20H10F5OS+. The maximum atomic E-state index is 14.5. The Hall–Kier alpha value is -2.80. The molecule has 7 heteroatoms. The number of carbonyl (C=O) groups is 1. The molecule has 0 amide bonds. The minimum Gasteiger partial charge on any atom is -0.295 e. The fourth-order valence-electron chi connectivity index (χ4n) is 3.11. The van der Waals surface area contributed by atoms with E-state index in [0.29, 0.717) is 25.7 Å². The lowest BCUT2D eigenvalue weighted by molar-refractivity contribution is 0.101. The molecule has 0 spiro atoms. The predicted octanol–water partition coefficient (Wildman–Crippen LogP) is 6.63. The second-order valence-electron chi connectivity index (χ2n) is 5.97. The molecule has 0 N–H and O–H groups in total. The smallest absolute Gasteiger partial charge is 0.257 e. The van der Waals surface area contributed by atoms with Crippen LogP contribution < -0.4 is 0 Å². The Bertz CT molecular complexity index is 1230. The molecule has 1 nitrogen and oxygen atoms in total. The number of fused-ring (bicyclic) bond motifs is 3. The zero-order chi connectivity index (χ0) is 19.5. The summed E-state index contributed by atoms with van der Waals surface area (Å²) in [6.45, 7) is 1.38. The van der Waals surface area contributed by atoms with Crippen molar-refractivity contribution < 1.29 is 26.7 Å². The van der Waals surface area contributed by atoms with Gasteiger partial charge < -0.3 is 0 Å². The van der Waals surface area contributed by atoms with Crippen molar-refractivity contribution in [3.8, 4) is 4.90 Å². The van der Waals surface area contributed by atoms with Gasteiger partial charge in [-0.05, 0) is 37.3 Å². The van der Waals surface area contributed by atoms with E-state index in [1.807, 2.05) is 0 Å². The highest BCUT2D eigenvalue weighted by Gasteiger charge is 2.36. The third-order valence-electron chi connectivity index (χ3n) is 4.38. The summed E-state index contributed by atoms with van der Waals surface area (Å²) in [6.07, 6.45) is 0. The van der Waals surface area contributed by atoms with Crippen molar-refractivity contribution in [1.29, 1.82) is 0 Å². The van der Waals surface area contributed by atoms with Crippen LogP contribution in [-0.2, 0) is 0 Å². The Morgan fingerprint density at radius 3 is 1.93 bits per heavy atom. The molecule has 1 atom stereocenters. The standard InChI is InChI=1S/C20H10F5OS/c1-9(26)10-6-7-14-12(8-10)11-4-2-3-5-13(11)27(14)20-18(24)16(22)15(21)17(23)19(20)25/h2-8H,1H3/q+1. The van der Waals surface area contributed by atoms with E-state index in [1.165, 1.54) is 19.1 Å². The molecule has 0 fully saturated rings. The van der Waals surface area contributed by atoms with Gasteiger partial charge in [0, 0.05) is 26.8 Å². The molecule has 0 aliphatic rings. The van der Waals surface area contributed by atoms with Crippen molar-refractivity contribution in [2.75, 3.05) is 0 Å². The number of hydrogen-bond acceptors (Lipinski definition) is 1. The van der Waals surface area contributed by atoms with Crippen LogP contribution in [0.1, 0.15) is 17.3 Å². The molecule has 0 bridgehead atoms. The van der Waals surface area contributed by atoms with Gasteiger partial charge in [-0.2, -0.15) is 8.78 Å². The molecule has 3 aromatic carbocycles. The maximum absolute atomic E-state index is 14.5. The molecule has 27 heavy (non-hydrogen) atoms. The first kappa shape index (κ1) is 17.6. The fourth-order valence-corrected chi connectivity index (χ4v) is 5.53. The third kappa shape index (κ3) is 2.45. The quantitative estimate of drug-likeness (QED) is 0.123. The van der Waals surface area contributed by atoms with Gasteiger partial charge >= 0.3 is 0 Å². The van der Waals surface area contributed by atoms with Crippen molar-refractivity contribution in [2.45, 2.75) is 6.92 Å². The van der Waals surface area contributed by atoms with Crippen LogP contribution in [0.4, 0.5) is 22.0 Å². The van der Waals surface area contributed by atoms with E-state index < -0.39 is 44.5 Å². The summed E-state index contributed by atoms with van der Waals surface area (Å²) in [5, 5.41) is 1.15. The van der Waals surface area contributed by atoms with E-state index in [9.17, 15) is 26.7 Å². The van der Waals surface area contributed by atoms with Crippen LogP contribution >= 0.6 is 10.5 Å². The molecule has 136 valence electrons. The molecule has 1 unspecified atom stereocenters. The summed E-state index contributed by atoms with van der Waals surface area (Å²) >= 11 is 0. The van der Waals surface area contributed by atoms with Crippen molar-refractivity contribution in [1.82, 2.24) is 0 Å². The number of halogens is 5. The van der Waals surface area contributed by atoms with Crippen LogP contribution in [-0.4, -0.2) is 5.78 Å². The number of rotatable bonds is 2. The van der Waals surface area contributed by atoms with Crippen molar-refractivity contribution in [3.63, 3.8) is 0 Å². The van der Waals surface area contributed by atoms with Crippen LogP contribution in [0.25, 0.3) is 25.1 Å². The normalized spacial score (nSPS) is 12.1. The first-order chi connectivity index (χ1) is 12.8. The van der Waals surface area contributed by atoms with Gasteiger partial charge in [-0.1, -0.05) is 12.1 Å². The SMILES string of the molecule is CC(=O)c1ccc2c(c1)c1ccccc1[s+]2-c1c(F)c(F)c(F)c(F)c1F. The van der Waals surface area contributed by atoms with Gasteiger partial charge in [-0.15, -0.1) is 0 Å². The monoisotopic (exact) mass is 393 g/mol. The van der Waals surface area contributed by atoms with Crippen LogP contribution in [0.15, 0.2) is 42.5 Å². The van der Waals surface area contributed by atoms with Gasteiger partial charge in [0.1, 0.15) is 0 Å². The maximum Gasteiger partial charge on any atom is 0.257 e. The number of hydrogen-bond donors (Lipinski definition) is 0. The van der Waals surface area contributed by atoms with Gasteiger partial charge in [0.15, 0.2) is 15.2 Å². The van der Waals surface area contributed by atoms with Gasteiger partial charge in [0.05, 0.1) is 0 Å². The molecule has 0 radical (unpaired) electrons. The summed E-state index contributed by atoms with van der Waals surface area (Å²) in [6, 6.07) is 11.2. The Morgan fingerprint density at radius 2 is 1.30 bits per heavy atom. The number of Topliss-reactive ketones (excluding diaryl/α,β-unsaturated/α-hetero) is 1. The van der Waals surface area contributed by atoms with Crippen molar-refractivity contribution in [3.05, 3.63) is 77.1 Å². The topological polar surface area (TPSA) is 17.1 Å². The number of ketones is 1. The highest BCUT2D eigenvalue weighted by molar-refractivity contribution is 7.50. The molecule has 0 aliphatic carbocycles. The average Bonchev–Trinajstić information content (AvgIpc) is 2.99. The number of thiophene rings is 1. The third-order valence-corrected chi connectivity index (χ3v) is 6.74. The van der Waals surface area contributed by atoms with E-state index in [2.05, 4.69) is 0 Å². The summed E-state index contributed by atoms with van der Waals surface area (Å²) in [7, 11) is -1.52. The van der Waals surface area contributed by atoms with E-state index in [0.717, 1.165) is 0 Å². The highest BCUT2D eigenvalue weighted by Crippen LogP contribution is 2.51. The zero-order valence-corrected chi connectivity index (χ0v) is 14.6. The molecular weight excluding hydrogens is 383 g/mol. The molecule has 4 aromatic rings. The van der Waals surface area contributed by atoms with Gasteiger partial charge in [0.25, 0.3) is 4.90 Å². The molecule has 4 rings (SSSR count). The molecule has 1 heterocycles. The Balaban J connectivity index is 2.22. The molecule has 1 aromatic heterocycles.